The molecule has 2 N–H and O–H groups in total. The van der Waals surface area contributed by atoms with Crippen LogP contribution in [0.15, 0.2) is 42.5 Å². The smallest absolute Gasteiger partial charge is 0.252 e. The third-order valence-electron chi connectivity index (χ3n) is 7.00. The number of hydrogen-bond acceptors (Lipinski definition) is 3. The van der Waals surface area contributed by atoms with Crippen LogP contribution in [0.4, 0.5) is 11.5 Å². The van der Waals surface area contributed by atoms with E-state index < -0.39 is 0 Å². The highest BCUT2D eigenvalue weighted by molar-refractivity contribution is 6.35. The number of anilines is 2. The second-order valence-electron chi connectivity index (χ2n) is 9.25. The fourth-order valence-corrected chi connectivity index (χ4v) is 5.34. The molecule has 4 rings (SSSR count). The van der Waals surface area contributed by atoms with E-state index in [9.17, 15) is 4.79 Å². The van der Waals surface area contributed by atoms with Crippen molar-refractivity contribution in [1.82, 2.24) is 10.3 Å². The zero-order valence-electron chi connectivity index (χ0n) is 20.7. The van der Waals surface area contributed by atoms with E-state index in [2.05, 4.69) is 64.3 Å². The van der Waals surface area contributed by atoms with E-state index in [1.54, 1.807) is 0 Å². The van der Waals surface area contributed by atoms with E-state index in [0.29, 0.717) is 23.0 Å². The highest BCUT2D eigenvalue weighted by Crippen LogP contribution is 2.41. The summed E-state index contributed by atoms with van der Waals surface area (Å²) in [7, 11) is 0. The maximum Gasteiger partial charge on any atom is 0.252 e. The Labute approximate surface area is 208 Å². The van der Waals surface area contributed by atoms with Crippen LogP contribution < -0.4 is 15.1 Å². The third-order valence-corrected chi connectivity index (χ3v) is 7.31. The van der Waals surface area contributed by atoms with Gasteiger partial charge in [-0.05, 0) is 63.1 Å². The van der Waals surface area contributed by atoms with E-state index in [1.807, 2.05) is 19.1 Å². The topological polar surface area (TPSA) is 51.4 Å². The largest absolute Gasteiger partial charge is 0.369 e. The van der Waals surface area contributed by atoms with Crippen molar-refractivity contribution in [2.45, 2.75) is 46.5 Å². The lowest BCUT2D eigenvalue weighted by Gasteiger charge is -2.35. The zero-order chi connectivity index (χ0) is 24.1. The van der Waals surface area contributed by atoms with Gasteiger partial charge in [-0.2, -0.15) is 0 Å². The molecule has 0 radical (unpaired) electrons. The van der Waals surface area contributed by atoms with Crippen LogP contribution >= 0.6 is 11.6 Å². The lowest BCUT2D eigenvalue weighted by molar-refractivity contribution is 0.0954. The number of H-pyrrole nitrogens is 1. The van der Waals surface area contributed by atoms with Gasteiger partial charge in [-0.25, -0.2) is 0 Å². The predicted octanol–water partition coefficient (Wildman–Crippen LogP) is 6.27. The van der Waals surface area contributed by atoms with Crippen LogP contribution in [0.1, 0.15) is 56.0 Å². The SMILES string of the molecule is CCCNC(=O)c1cc2c(N(CC)CC)c(N3CCC(Cc4ccccc4)CC3)[nH]c2cc1Cl. The summed E-state index contributed by atoms with van der Waals surface area (Å²) in [5, 5.41) is 4.52. The quantitative estimate of drug-likeness (QED) is 0.379. The third kappa shape index (κ3) is 5.20. The van der Waals surface area contributed by atoms with Gasteiger partial charge in [0.25, 0.3) is 5.91 Å². The van der Waals surface area contributed by atoms with Gasteiger partial charge in [0.05, 0.1) is 21.8 Å². The lowest BCUT2D eigenvalue weighted by atomic mass is 9.90. The van der Waals surface area contributed by atoms with Crippen LogP contribution in [-0.4, -0.2) is 43.6 Å². The number of benzene rings is 2. The molecule has 2 aromatic carbocycles. The molecule has 0 spiro atoms. The molecular formula is C28H37ClN4O. The number of halogens is 1. The summed E-state index contributed by atoms with van der Waals surface area (Å²) < 4.78 is 0. The molecule has 34 heavy (non-hydrogen) atoms. The number of aromatic amines is 1. The second-order valence-corrected chi connectivity index (χ2v) is 9.66. The summed E-state index contributed by atoms with van der Waals surface area (Å²) in [5.41, 5.74) is 4.14. The molecule has 0 aliphatic carbocycles. The molecule has 1 aliphatic heterocycles. The molecule has 0 unspecified atom stereocenters. The summed E-state index contributed by atoms with van der Waals surface area (Å²) in [6.45, 7) is 10.9. The van der Waals surface area contributed by atoms with Crippen LogP contribution in [-0.2, 0) is 6.42 Å². The van der Waals surface area contributed by atoms with Crippen LogP contribution in [0, 0.1) is 5.92 Å². The number of amides is 1. The van der Waals surface area contributed by atoms with Crippen molar-refractivity contribution in [3.63, 3.8) is 0 Å². The number of piperidine rings is 1. The molecule has 1 fully saturated rings. The molecule has 182 valence electrons. The number of rotatable bonds is 9. The maximum atomic E-state index is 12.8. The van der Waals surface area contributed by atoms with E-state index in [4.69, 9.17) is 11.6 Å². The van der Waals surface area contributed by atoms with Crippen molar-refractivity contribution < 1.29 is 4.79 Å². The fraction of sp³-hybridized carbons (Fsp3) is 0.464. The Morgan fingerprint density at radius 2 is 1.82 bits per heavy atom. The summed E-state index contributed by atoms with van der Waals surface area (Å²) in [5.74, 6) is 1.76. The average molecular weight is 481 g/mol. The molecule has 0 bridgehead atoms. The van der Waals surface area contributed by atoms with Crippen molar-refractivity contribution >= 4 is 39.9 Å². The second kappa shape index (κ2) is 11.2. The lowest BCUT2D eigenvalue weighted by Crippen LogP contribution is -2.36. The van der Waals surface area contributed by atoms with Crippen LogP contribution in [0.3, 0.4) is 0 Å². The maximum absolute atomic E-state index is 12.8. The number of carbonyl (C=O) groups excluding carboxylic acids is 1. The molecule has 1 saturated heterocycles. The van der Waals surface area contributed by atoms with Gasteiger partial charge >= 0.3 is 0 Å². The summed E-state index contributed by atoms with van der Waals surface area (Å²) in [4.78, 5) is 21.3. The summed E-state index contributed by atoms with van der Waals surface area (Å²) >= 11 is 6.56. The van der Waals surface area contributed by atoms with E-state index >= 15 is 0 Å². The van der Waals surface area contributed by atoms with Gasteiger partial charge in [0, 0.05) is 38.1 Å². The molecule has 6 heteroatoms. The van der Waals surface area contributed by atoms with Crippen molar-refractivity contribution in [3.05, 3.63) is 58.6 Å². The normalized spacial score (nSPS) is 14.5. The first kappa shape index (κ1) is 24.5. The number of carbonyl (C=O) groups is 1. The Morgan fingerprint density at radius 1 is 1.12 bits per heavy atom. The first-order chi connectivity index (χ1) is 16.5. The average Bonchev–Trinajstić information content (AvgIpc) is 3.22. The van der Waals surface area contributed by atoms with Gasteiger partial charge in [0.1, 0.15) is 5.82 Å². The van der Waals surface area contributed by atoms with E-state index in [-0.39, 0.29) is 5.91 Å². The molecule has 2 heterocycles. The standard InChI is InChI=1S/C28H37ClN4O/c1-4-14-30-28(34)22-18-23-25(19-24(22)29)31-27(26(23)32(5-2)6-3)33-15-12-21(13-16-33)17-20-10-8-7-9-11-20/h7-11,18-19,21,31H,4-6,12-17H2,1-3H3,(H,30,34). The van der Waals surface area contributed by atoms with Crippen molar-refractivity contribution in [2.24, 2.45) is 5.92 Å². The van der Waals surface area contributed by atoms with Gasteiger partial charge < -0.3 is 20.1 Å². The molecule has 1 amide bonds. The Morgan fingerprint density at radius 3 is 2.47 bits per heavy atom. The van der Waals surface area contributed by atoms with E-state index in [0.717, 1.165) is 55.7 Å². The number of hydrogen-bond donors (Lipinski definition) is 2. The first-order valence-corrected chi connectivity index (χ1v) is 13.1. The molecule has 0 atom stereocenters. The minimum absolute atomic E-state index is 0.108. The van der Waals surface area contributed by atoms with Crippen molar-refractivity contribution in [3.8, 4) is 0 Å². The molecule has 1 aromatic heterocycles. The van der Waals surface area contributed by atoms with Crippen LogP contribution in [0.5, 0.6) is 0 Å². The van der Waals surface area contributed by atoms with Crippen LogP contribution in [0.25, 0.3) is 10.9 Å². The highest BCUT2D eigenvalue weighted by atomic mass is 35.5. The minimum Gasteiger partial charge on any atom is -0.369 e. The molecule has 1 aliphatic rings. The van der Waals surface area contributed by atoms with Crippen molar-refractivity contribution in [2.75, 3.05) is 42.5 Å². The number of aromatic nitrogens is 1. The Kier molecular flexibility index (Phi) is 8.04. The first-order valence-electron chi connectivity index (χ1n) is 12.7. The molecule has 0 saturated carbocycles. The Hall–Kier alpha value is -2.66. The fourth-order valence-electron chi connectivity index (χ4n) is 5.09. The zero-order valence-corrected chi connectivity index (χ0v) is 21.4. The predicted molar refractivity (Wildman–Crippen MR) is 145 cm³/mol. The van der Waals surface area contributed by atoms with Crippen LogP contribution in [0.2, 0.25) is 5.02 Å². The summed E-state index contributed by atoms with van der Waals surface area (Å²) in [6.07, 6.45) is 4.39. The van der Waals surface area contributed by atoms with Gasteiger partial charge in [0.15, 0.2) is 0 Å². The monoisotopic (exact) mass is 480 g/mol. The highest BCUT2D eigenvalue weighted by Gasteiger charge is 2.26. The van der Waals surface area contributed by atoms with Gasteiger partial charge in [0.2, 0.25) is 0 Å². The summed E-state index contributed by atoms with van der Waals surface area (Å²) in [6, 6.07) is 14.7. The van der Waals surface area contributed by atoms with Gasteiger partial charge in [-0.1, -0.05) is 48.9 Å². The van der Waals surface area contributed by atoms with Gasteiger partial charge in [-0.3, -0.25) is 4.79 Å². The number of nitrogens with one attached hydrogen (secondary N) is 2. The molecule has 5 nitrogen and oxygen atoms in total. The minimum atomic E-state index is -0.108. The molecule has 3 aromatic rings. The van der Waals surface area contributed by atoms with E-state index in [1.165, 1.54) is 24.1 Å². The molecular weight excluding hydrogens is 444 g/mol. The Bertz CT molecular complexity index is 1100. The van der Waals surface area contributed by atoms with Crippen molar-refractivity contribution in [1.29, 1.82) is 0 Å². The Balaban J connectivity index is 1.63. The van der Waals surface area contributed by atoms with Gasteiger partial charge in [-0.15, -0.1) is 0 Å². The number of nitrogens with zero attached hydrogens (tertiary/aromatic N) is 2. The number of fused-ring (bicyclic) bond motifs is 1.